The number of amides is 4. The number of hydrogen-bond donors (Lipinski definition) is 4. The Morgan fingerprint density at radius 1 is 0.694 bits per heavy atom. The summed E-state index contributed by atoms with van der Waals surface area (Å²) in [7, 11) is 4.03. The maximum Gasteiger partial charge on any atom is 0.407 e. The van der Waals surface area contributed by atoms with Crippen LogP contribution in [0.2, 0.25) is 0 Å². The van der Waals surface area contributed by atoms with E-state index in [4.69, 9.17) is 24.2 Å². The molecule has 16 heteroatoms. The van der Waals surface area contributed by atoms with Crippen LogP contribution in [0.4, 0.5) is 9.59 Å². The molecule has 6 aromatic rings. The standard InChI is InChI=1S/C46H49N9O7/c1-27(60-2)39(52-45(58)61-3)43(56)54-22-8-12-37(54)42-48-26-36(51-42)32-19-21-34-31(24-32)18-20-33(49-34)28-14-16-29(17-15-28)35-25-47-41(50-35)38-13-9-23-55(38)44(57)40(53-46(59)62-4)30-10-6-5-7-11-30/h5-7,10-11,14-21,24-27,37-40H,8-9,12-13,22-23H2,1-4H3,(H,47,50)(H,48,51)(H,52,58)(H,53,59). The van der Waals surface area contributed by atoms with E-state index in [0.29, 0.717) is 30.3 Å². The molecule has 320 valence electrons. The first-order valence-corrected chi connectivity index (χ1v) is 20.6. The molecule has 4 amide bonds. The smallest absolute Gasteiger partial charge is 0.407 e. The third-order valence-electron chi connectivity index (χ3n) is 11.8. The maximum absolute atomic E-state index is 13.9. The molecule has 0 radical (unpaired) electrons. The van der Waals surface area contributed by atoms with Crippen molar-refractivity contribution in [2.75, 3.05) is 34.4 Å². The normalized spacial score (nSPS) is 17.7. The zero-order valence-electron chi connectivity index (χ0n) is 35.0. The van der Waals surface area contributed by atoms with Gasteiger partial charge in [-0.15, -0.1) is 0 Å². The Morgan fingerprint density at radius 2 is 1.27 bits per heavy atom. The molecule has 5 unspecified atom stereocenters. The number of methoxy groups -OCH3 is 3. The maximum atomic E-state index is 13.9. The molecule has 0 saturated carbocycles. The van der Waals surface area contributed by atoms with Crippen molar-refractivity contribution in [2.45, 2.75) is 62.9 Å². The Bertz CT molecular complexity index is 2560. The van der Waals surface area contributed by atoms with Gasteiger partial charge < -0.3 is 44.6 Å². The van der Waals surface area contributed by atoms with E-state index in [-0.39, 0.29) is 23.9 Å². The lowest BCUT2D eigenvalue weighted by Gasteiger charge is -2.30. The van der Waals surface area contributed by atoms with Crippen LogP contribution < -0.4 is 10.6 Å². The molecule has 0 spiro atoms. The van der Waals surface area contributed by atoms with Gasteiger partial charge in [0, 0.05) is 36.7 Å². The number of benzene rings is 3. The van der Waals surface area contributed by atoms with Gasteiger partial charge in [0.05, 0.1) is 67.4 Å². The minimum Gasteiger partial charge on any atom is -0.453 e. The summed E-state index contributed by atoms with van der Waals surface area (Å²) in [4.78, 5) is 76.6. The molecule has 4 N–H and O–H groups in total. The summed E-state index contributed by atoms with van der Waals surface area (Å²) in [5.74, 6) is 0.887. The zero-order chi connectivity index (χ0) is 43.3. The molecular formula is C46H49N9O7. The molecule has 62 heavy (non-hydrogen) atoms. The number of pyridine rings is 1. The SMILES string of the molecule is COC(=O)NC(C(=O)N1CCCC1c1ncc(-c2ccc(-c3ccc4cc(-c5cnc(C6CCCN6C(=O)C(NC(=O)OC)C(C)OC)[nH]5)ccc4n3)cc2)[nH]1)c1ccccc1. The molecule has 0 bridgehead atoms. The molecule has 2 fully saturated rings. The zero-order valence-corrected chi connectivity index (χ0v) is 35.0. The molecular weight excluding hydrogens is 791 g/mol. The number of H-pyrrole nitrogens is 2. The molecule has 2 aliphatic heterocycles. The Balaban J connectivity index is 0.942. The average Bonchev–Trinajstić information content (AvgIpc) is 4.17. The van der Waals surface area contributed by atoms with Gasteiger partial charge >= 0.3 is 12.2 Å². The topological polar surface area (TPSA) is 197 Å². The molecule has 3 aromatic carbocycles. The van der Waals surface area contributed by atoms with Crippen molar-refractivity contribution in [1.29, 1.82) is 0 Å². The molecule has 3 aromatic heterocycles. The predicted molar refractivity (Wildman–Crippen MR) is 230 cm³/mol. The number of nitrogens with zero attached hydrogens (tertiary/aromatic N) is 5. The Kier molecular flexibility index (Phi) is 12.3. The van der Waals surface area contributed by atoms with Crippen LogP contribution in [0.15, 0.2) is 97.3 Å². The van der Waals surface area contributed by atoms with Gasteiger partial charge in [0.1, 0.15) is 23.7 Å². The first-order chi connectivity index (χ1) is 30.1. The minimum atomic E-state index is -0.906. The van der Waals surface area contributed by atoms with Crippen LogP contribution >= 0.6 is 0 Å². The van der Waals surface area contributed by atoms with E-state index in [2.05, 4.69) is 31.7 Å². The molecule has 5 atom stereocenters. The number of likely N-dealkylation sites (tertiary alicyclic amines) is 2. The highest BCUT2D eigenvalue weighted by molar-refractivity contribution is 5.89. The Morgan fingerprint density at radius 3 is 1.90 bits per heavy atom. The summed E-state index contributed by atoms with van der Waals surface area (Å²) in [5.41, 5.74) is 6.81. The van der Waals surface area contributed by atoms with Gasteiger partial charge in [0.2, 0.25) is 5.91 Å². The van der Waals surface area contributed by atoms with Crippen LogP contribution in [-0.4, -0.2) is 105 Å². The molecule has 2 aliphatic rings. The van der Waals surface area contributed by atoms with Crippen molar-refractivity contribution in [3.63, 3.8) is 0 Å². The van der Waals surface area contributed by atoms with Gasteiger partial charge in [0.25, 0.3) is 5.91 Å². The second kappa shape index (κ2) is 18.3. The third-order valence-corrected chi connectivity index (χ3v) is 11.8. The fourth-order valence-electron chi connectivity index (χ4n) is 8.37. The number of ether oxygens (including phenoxy) is 3. The number of aromatic nitrogens is 5. The number of rotatable bonds is 12. The lowest BCUT2D eigenvalue weighted by Crippen LogP contribution is -2.54. The summed E-state index contributed by atoms with van der Waals surface area (Å²) in [5, 5.41) is 6.29. The highest BCUT2D eigenvalue weighted by Gasteiger charge is 2.39. The van der Waals surface area contributed by atoms with Crippen LogP contribution in [0, 0.1) is 0 Å². The van der Waals surface area contributed by atoms with Crippen molar-refractivity contribution >= 4 is 34.9 Å². The quantitative estimate of drug-likeness (QED) is 0.101. The molecule has 5 heterocycles. The second-order valence-corrected chi connectivity index (χ2v) is 15.5. The average molecular weight is 840 g/mol. The van der Waals surface area contributed by atoms with Crippen molar-refractivity contribution in [1.82, 2.24) is 45.4 Å². The molecule has 0 aliphatic carbocycles. The van der Waals surface area contributed by atoms with Crippen LogP contribution in [0.1, 0.15) is 67.9 Å². The van der Waals surface area contributed by atoms with E-state index in [0.717, 1.165) is 70.4 Å². The highest BCUT2D eigenvalue weighted by atomic mass is 16.5. The highest BCUT2D eigenvalue weighted by Crippen LogP contribution is 2.36. The predicted octanol–water partition coefficient (Wildman–Crippen LogP) is 6.87. The second-order valence-electron chi connectivity index (χ2n) is 15.5. The summed E-state index contributed by atoms with van der Waals surface area (Å²) < 4.78 is 15.0. The number of carbonyl (C=O) groups is 4. The fourth-order valence-corrected chi connectivity index (χ4v) is 8.37. The van der Waals surface area contributed by atoms with Crippen LogP contribution in [0.5, 0.6) is 0 Å². The van der Waals surface area contributed by atoms with Crippen molar-refractivity contribution in [3.05, 3.63) is 115 Å². The Labute approximate surface area is 358 Å². The summed E-state index contributed by atoms with van der Waals surface area (Å²) in [6.45, 7) is 2.81. The van der Waals surface area contributed by atoms with Crippen LogP contribution in [-0.2, 0) is 23.8 Å². The number of alkyl carbamates (subject to hydrolysis) is 2. The van der Waals surface area contributed by atoms with Crippen LogP contribution in [0.3, 0.4) is 0 Å². The molecule has 2 saturated heterocycles. The molecule has 16 nitrogen and oxygen atoms in total. The number of hydrogen-bond acceptors (Lipinski definition) is 10. The fraction of sp³-hybridized carbons (Fsp3) is 0.326. The third kappa shape index (κ3) is 8.59. The van der Waals surface area contributed by atoms with Gasteiger partial charge in [-0.1, -0.05) is 66.7 Å². The van der Waals surface area contributed by atoms with Crippen molar-refractivity contribution < 1.29 is 33.4 Å². The van der Waals surface area contributed by atoms with E-state index >= 15 is 0 Å². The Hall–Kier alpha value is -7.07. The summed E-state index contributed by atoms with van der Waals surface area (Å²) in [6, 6.07) is 25.0. The summed E-state index contributed by atoms with van der Waals surface area (Å²) >= 11 is 0. The van der Waals surface area contributed by atoms with Gasteiger partial charge in [-0.05, 0) is 61.9 Å². The number of imidazole rings is 2. The number of aromatic amines is 2. The molecule has 8 rings (SSSR count). The number of carbonyl (C=O) groups excluding carboxylic acids is 4. The van der Waals surface area contributed by atoms with Gasteiger partial charge in [-0.25, -0.2) is 24.5 Å². The van der Waals surface area contributed by atoms with E-state index in [9.17, 15) is 19.2 Å². The number of fused-ring (bicyclic) bond motifs is 1. The van der Waals surface area contributed by atoms with E-state index in [1.807, 2.05) is 78.9 Å². The van der Waals surface area contributed by atoms with Gasteiger partial charge in [-0.3, -0.25) is 9.59 Å². The largest absolute Gasteiger partial charge is 0.453 e. The van der Waals surface area contributed by atoms with E-state index in [1.54, 1.807) is 29.1 Å². The first kappa shape index (κ1) is 41.7. The minimum absolute atomic E-state index is 0.221. The van der Waals surface area contributed by atoms with Gasteiger partial charge in [-0.2, -0.15) is 0 Å². The van der Waals surface area contributed by atoms with E-state index in [1.165, 1.54) is 21.3 Å². The first-order valence-electron chi connectivity index (χ1n) is 20.6. The summed E-state index contributed by atoms with van der Waals surface area (Å²) in [6.07, 6.45) is 4.71. The van der Waals surface area contributed by atoms with Gasteiger partial charge in [0.15, 0.2) is 0 Å². The van der Waals surface area contributed by atoms with E-state index < -0.39 is 30.4 Å². The lowest BCUT2D eigenvalue weighted by atomic mass is 10.0. The number of nitrogens with one attached hydrogen (secondary N) is 4. The lowest BCUT2D eigenvalue weighted by molar-refractivity contribution is -0.137. The van der Waals surface area contributed by atoms with Crippen molar-refractivity contribution in [3.8, 4) is 33.8 Å². The van der Waals surface area contributed by atoms with Crippen molar-refractivity contribution in [2.24, 2.45) is 0 Å². The van der Waals surface area contributed by atoms with Crippen LogP contribution in [0.25, 0.3) is 44.7 Å². The monoisotopic (exact) mass is 839 g/mol.